The van der Waals surface area contributed by atoms with Gasteiger partial charge < -0.3 is 15.7 Å². The zero-order valence-corrected chi connectivity index (χ0v) is 13.6. The molecular formula is C16H34N2O. The molecular weight excluding hydrogens is 236 g/mol. The van der Waals surface area contributed by atoms with E-state index in [4.69, 9.17) is 5.73 Å². The minimum absolute atomic E-state index is 0.343. The van der Waals surface area contributed by atoms with Crippen molar-refractivity contribution in [1.82, 2.24) is 4.90 Å². The Labute approximate surface area is 119 Å². The van der Waals surface area contributed by atoms with Crippen LogP contribution in [0.1, 0.15) is 60.3 Å². The molecule has 1 aliphatic rings. The molecule has 1 aliphatic heterocycles. The second-order valence-electron chi connectivity index (χ2n) is 7.78. The van der Waals surface area contributed by atoms with Gasteiger partial charge in [0.1, 0.15) is 0 Å². The van der Waals surface area contributed by atoms with Gasteiger partial charge >= 0.3 is 0 Å². The molecule has 0 aliphatic carbocycles. The highest BCUT2D eigenvalue weighted by Crippen LogP contribution is 2.34. The third-order valence-corrected chi connectivity index (χ3v) is 4.79. The van der Waals surface area contributed by atoms with E-state index in [0.29, 0.717) is 18.0 Å². The first-order chi connectivity index (χ1) is 8.65. The van der Waals surface area contributed by atoms with Crippen LogP contribution in [0.25, 0.3) is 0 Å². The summed E-state index contributed by atoms with van der Waals surface area (Å²) in [5.74, 6) is 0.819. The molecule has 3 heteroatoms. The summed E-state index contributed by atoms with van der Waals surface area (Å²) in [7, 11) is 0. The maximum atomic E-state index is 10.1. The SMILES string of the molecule is CC(CC(C)(O)CN)N1CCCC(C(C)(C)C)CC1. The molecule has 0 saturated carbocycles. The van der Waals surface area contributed by atoms with Gasteiger partial charge in [-0.1, -0.05) is 20.8 Å². The number of nitrogens with zero attached hydrogens (tertiary/aromatic N) is 1. The first kappa shape index (κ1) is 16.9. The Bertz CT molecular complexity index is 270. The van der Waals surface area contributed by atoms with E-state index in [0.717, 1.165) is 25.4 Å². The van der Waals surface area contributed by atoms with Crippen LogP contribution in [0.4, 0.5) is 0 Å². The van der Waals surface area contributed by atoms with Crippen LogP contribution in [0.15, 0.2) is 0 Å². The van der Waals surface area contributed by atoms with Crippen molar-refractivity contribution in [1.29, 1.82) is 0 Å². The van der Waals surface area contributed by atoms with Gasteiger partial charge in [0.15, 0.2) is 0 Å². The molecule has 1 rings (SSSR count). The maximum absolute atomic E-state index is 10.1. The highest BCUT2D eigenvalue weighted by molar-refractivity contribution is 4.84. The molecule has 1 saturated heterocycles. The zero-order valence-electron chi connectivity index (χ0n) is 13.6. The quantitative estimate of drug-likeness (QED) is 0.825. The Morgan fingerprint density at radius 3 is 2.37 bits per heavy atom. The van der Waals surface area contributed by atoms with Gasteiger partial charge in [0.2, 0.25) is 0 Å². The predicted octanol–water partition coefficient (Wildman–Crippen LogP) is 2.62. The standard InChI is InChI=1S/C16H34N2O/c1-13(11-16(5,19)12-17)18-9-6-7-14(8-10-18)15(2,3)4/h13-14,19H,6-12,17H2,1-5H3. The van der Waals surface area contributed by atoms with Gasteiger partial charge in [0.05, 0.1) is 5.60 Å². The summed E-state index contributed by atoms with van der Waals surface area (Å²) >= 11 is 0. The monoisotopic (exact) mass is 270 g/mol. The summed E-state index contributed by atoms with van der Waals surface area (Å²) in [6.07, 6.45) is 4.65. The minimum atomic E-state index is -0.727. The van der Waals surface area contributed by atoms with Crippen LogP contribution in [0, 0.1) is 11.3 Å². The first-order valence-corrected chi connectivity index (χ1v) is 7.82. The lowest BCUT2D eigenvalue weighted by molar-refractivity contribution is 0.0287. The lowest BCUT2D eigenvalue weighted by Crippen LogP contribution is -2.43. The lowest BCUT2D eigenvalue weighted by atomic mass is 9.77. The molecule has 1 fully saturated rings. The molecule has 1 heterocycles. The average molecular weight is 270 g/mol. The molecule has 19 heavy (non-hydrogen) atoms. The molecule has 3 atom stereocenters. The van der Waals surface area contributed by atoms with Gasteiger partial charge in [0.25, 0.3) is 0 Å². The second-order valence-corrected chi connectivity index (χ2v) is 7.78. The van der Waals surface area contributed by atoms with E-state index < -0.39 is 5.60 Å². The van der Waals surface area contributed by atoms with Crippen LogP contribution in [-0.4, -0.2) is 41.3 Å². The maximum Gasteiger partial charge on any atom is 0.0756 e. The van der Waals surface area contributed by atoms with Crippen molar-refractivity contribution in [2.24, 2.45) is 17.1 Å². The Hall–Kier alpha value is -0.120. The van der Waals surface area contributed by atoms with Crippen molar-refractivity contribution in [3.63, 3.8) is 0 Å². The van der Waals surface area contributed by atoms with Crippen LogP contribution in [0.2, 0.25) is 0 Å². The summed E-state index contributed by atoms with van der Waals surface area (Å²) in [5, 5.41) is 10.1. The van der Waals surface area contributed by atoms with Crippen LogP contribution in [-0.2, 0) is 0 Å². The molecule has 3 unspecified atom stereocenters. The number of aliphatic hydroxyl groups is 1. The van der Waals surface area contributed by atoms with Gasteiger partial charge in [0, 0.05) is 12.6 Å². The van der Waals surface area contributed by atoms with E-state index in [1.807, 2.05) is 6.92 Å². The van der Waals surface area contributed by atoms with Crippen molar-refractivity contribution in [3.05, 3.63) is 0 Å². The van der Waals surface area contributed by atoms with Gasteiger partial charge in [-0.05, 0) is 64.0 Å². The van der Waals surface area contributed by atoms with E-state index in [1.54, 1.807) is 0 Å². The van der Waals surface area contributed by atoms with Crippen molar-refractivity contribution in [3.8, 4) is 0 Å². The van der Waals surface area contributed by atoms with E-state index in [9.17, 15) is 5.11 Å². The molecule has 3 nitrogen and oxygen atoms in total. The van der Waals surface area contributed by atoms with E-state index >= 15 is 0 Å². The topological polar surface area (TPSA) is 49.5 Å². The first-order valence-electron chi connectivity index (χ1n) is 7.82. The Morgan fingerprint density at radius 1 is 1.21 bits per heavy atom. The third-order valence-electron chi connectivity index (χ3n) is 4.79. The van der Waals surface area contributed by atoms with Crippen LogP contribution >= 0.6 is 0 Å². The van der Waals surface area contributed by atoms with Crippen LogP contribution < -0.4 is 5.73 Å². The molecule has 0 bridgehead atoms. The largest absolute Gasteiger partial charge is 0.389 e. The fourth-order valence-corrected chi connectivity index (χ4v) is 3.27. The molecule has 0 spiro atoms. The van der Waals surface area contributed by atoms with Gasteiger partial charge in [-0.25, -0.2) is 0 Å². The molecule has 0 amide bonds. The van der Waals surface area contributed by atoms with Gasteiger partial charge in [-0.2, -0.15) is 0 Å². The molecule has 0 aromatic heterocycles. The third kappa shape index (κ3) is 5.41. The summed E-state index contributed by atoms with van der Waals surface area (Å²) in [6.45, 7) is 13.8. The van der Waals surface area contributed by atoms with E-state index in [2.05, 4.69) is 32.6 Å². The van der Waals surface area contributed by atoms with Crippen molar-refractivity contribution >= 4 is 0 Å². The summed E-state index contributed by atoms with van der Waals surface area (Å²) in [5.41, 5.74) is 5.32. The summed E-state index contributed by atoms with van der Waals surface area (Å²) in [4.78, 5) is 2.54. The highest BCUT2D eigenvalue weighted by Gasteiger charge is 2.30. The minimum Gasteiger partial charge on any atom is -0.389 e. The number of hydrogen-bond acceptors (Lipinski definition) is 3. The van der Waals surface area contributed by atoms with Crippen molar-refractivity contribution < 1.29 is 5.11 Å². The van der Waals surface area contributed by atoms with Crippen molar-refractivity contribution in [2.45, 2.75) is 71.9 Å². The number of likely N-dealkylation sites (tertiary alicyclic amines) is 1. The lowest BCUT2D eigenvalue weighted by Gasteiger charge is -2.34. The Morgan fingerprint density at radius 2 is 1.84 bits per heavy atom. The van der Waals surface area contributed by atoms with Crippen molar-refractivity contribution in [2.75, 3.05) is 19.6 Å². The number of hydrogen-bond donors (Lipinski definition) is 2. The fraction of sp³-hybridized carbons (Fsp3) is 1.00. The second kappa shape index (κ2) is 6.55. The van der Waals surface area contributed by atoms with E-state index in [-0.39, 0.29) is 0 Å². The molecule has 0 aromatic carbocycles. The predicted molar refractivity (Wildman–Crippen MR) is 82.1 cm³/mol. The Kier molecular flexibility index (Phi) is 5.84. The Balaban J connectivity index is 2.53. The summed E-state index contributed by atoms with van der Waals surface area (Å²) in [6, 6.07) is 0.414. The van der Waals surface area contributed by atoms with Crippen LogP contribution in [0.3, 0.4) is 0 Å². The number of nitrogens with two attached hydrogens (primary N) is 1. The molecule has 114 valence electrons. The zero-order chi connectivity index (χ0) is 14.7. The molecule has 3 N–H and O–H groups in total. The molecule has 0 aromatic rings. The summed E-state index contributed by atoms with van der Waals surface area (Å²) < 4.78 is 0. The average Bonchev–Trinajstić information content (AvgIpc) is 2.53. The normalized spacial score (nSPS) is 27.6. The van der Waals surface area contributed by atoms with E-state index in [1.165, 1.54) is 19.3 Å². The number of rotatable bonds is 4. The smallest absolute Gasteiger partial charge is 0.0756 e. The van der Waals surface area contributed by atoms with Crippen LogP contribution in [0.5, 0.6) is 0 Å². The van der Waals surface area contributed by atoms with Gasteiger partial charge in [-0.15, -0.1) is 0 Å². The fourth-order valence-electron chi connectivity index (χ4n) is 3.27. The highest BCUT2D eigenvalue weighted by atomic mass is 16.3. The van der Waals surface area contributed by atoms with Gasteiger partial charge in [-0.3, -0.25) is 0 Å². The molecule has 0 radical (unpaired) electrons.